The highest BCUT2D eigenvalue weighted by Gasteiger charge is 2.22. The minimum atomic E-state index is 1.06. The molecule has 13 rings (SSSR count). The topological polar surface area (TPSA) is 11.4 Å². The number of benzene rings is 11. The Morgan fingerprint density at radius 3 is 1.45 bits per heavy atom. The molecule has 0 N–H and O–H groups in total. The predicted molar refractivity (Wildman–Crippen MR) is 283 cm³/mol. The molecule has 0 amide bonds. The van der Waals surface area contributed by atoms with Crippen LogP contribution in [0.2, 0.25) is 0 Å². The van der Waals surface area contributed by atoms with Gasteiger partial charge in [-0.1, -0.05) is 152 Å². The van der Waals surface area contributed by atoms with Gasteiger partial charge in [-0.15, -0.1) is 11.3 Å². The molecule has 0 aliphatic carbocycles. The molecule has 0 fully saturated rings. The normalized spacial score (nSPS) is 11.6. The summed E-state index contributed by atoms with van der Waals surface area (Å²) >= 11 is 1.89. The molecular formula is C62H41N3S. The van der Waals surface area contributed by atoms with Crippen LogP contribution in [0.4, 0.5) is 34.1 Å². The number of anilines is 6. The first-order valence-corrected chi connectivity index (χ1v) is 23.3. The van der Waals surface area contributed by atoms with E-state index < -0.39 is 0 Å². The summed E-state index contributed by atoms with van der Waals surface area (Å²) in [6.45, 7) is 0. The Morgan fingerprint density at radius 1 is 0.303 bits per heavy atom. The van der Waals surface area contributed by atoms with Gasteiger partial charge in [0.25, 0.3) is 0 Å². The lowest BCUT2D eigenvalue weighted by Crippen LogP contribution is -2.13. The van der Waals surface area contributed by atoms with Gasteiger partial charge in [0.1, 0.15) is 0 Å². The third-order valence-corrected chi connectivity index (χ3v) is 14.3. The predicted octanol–water partition coefficient (Wildman–Crippen LogP) is 18.1. The lowest BCUT2D eigenvalue weighted by molar-refractivity contribution is 1.18. The summed E-state index contributed by atoms with van der Waals surface area (Å²) in [5.74, 6) is 0. The SMILES string of the molecule is c1ccc(N(c2cc(-c3ccc4c5c6sc7ccccc7c6ccc5n(-c5ccccc5)c4c3)cc(N(c3ccccc3)c3ccc4ccccc4c3)c2)c2ccc3ccccc3c2)cc1. The number of nitrogens with zero attached hydrogens (tertiary/aromatic N) is 3. The van der Waals surface area contributed by atoms with Gasteiger partial charge in [0.2, 0.25) is 0 Å². The summed E-state index contributed by atoms with van der Waals surface area (Å²) in [4.78, 5) is 4.81. The lowest BCUT2D eigenvalue weighted by Gasteiger charge is -2.30. The number of aromatic nitrogens is 1. The minimum absolute atomic E-state index is 1.06. The molecule has 2 heterocycles. The number of thiophene rings is 1. The standard InChI is InChI=1S/C62H41N3S/c1-4-20-48(21-5-1)63(51-31-28-42-16-10-12-18-44(42)36-51)53-38-47(39-54(41-53)64(49-22-6-2-7-23-49)52-32-29-43-17-11-13-19-45(43)37-52)46-30-33-57-59(40-46)65(50-24-8-3-9-25-50)58-35-34-56-55-26-14-15-27-60(55)66-62(56)61(57)58/h1-41H. The van der Waals surface area contributed by atoms with E-state index in [1.807, 2.05) is 11.3 Å². The van der Waals surface area contributed by atoms with Crippen molar-refractivity contribution in [3.63, 3.8) is 0 Å². The Morgan fingerprint density at radius 2 is 0.833 bits per heavy atom. The number of para-hydroxylation sites is 3. The van der Waals surface area contributed by atoms with E-state index in [0.29, 0.717) is 0 Å². The first-order valence-electron chi connectivity index (χ1n) is 22.5. The number of fused-ring (bicyclic) bond motifs is 9. The van der Waals surface area contributed by atoms with Gasteiger partial charge in [0.15, 0.2) is 0 Å². The van der Waals surface area contributed by atoms with Crippen molar-refractivity contribution in [2.75, 3.05) is 9.80 Å². The summed E-state index contributed by atoms with van der Waals surface area (Å²) in [5, 5.41) is 9.98. The maximum atomic E-state index is 2.46. The smallest absolute Gasteiger partial charge is 0.0555 e. The summed E-state index contributed by atoms with van der Waals surface area (Å²) in [7, 11) is 0. The molecule has 66 heavy (non-hydrogen) atoms. The average molecular weight is 860 g/mol. The van der Waals surface area contributed by atoms with Gasteiger partial charge < -0.3 is 14.4 Å². The van der Waals surface area contributed by atoms with E-state index in [2.05, 4.69) is 263 Å². The van der Waals surface area contributed by atoms with Crippen LogP contribution in [0.5, 0.6) is 0 Å². The lowest BCUT2D eigenvalue weighted by atomic mass is 9.99. The van der Waals surface area contributed by atoms with Crippen LogP contribution < -0.4 is 9.80 Å². The molecule has 4 heteroatoms. The fourth-order valence-electron chi connectivity index (χ4n) is 10.0. The van der Waals surface area contributed by atoms with E-state index >= 15 is 0 Å². The van der Waals surface area contributed by atoms with Crippen LogP contribution in [0.15, 0.2) is 249 Å². The summed E-state index contributed by atoms with van der Waals surface area (Å²) in [5.41, 5.74) is 12.2. The van der Waals surface area contributed by atoms with Crippen LogP contribution in [-0.4, -0.2) is 4.57 Å². The van der Waals surface area contributed by atoms with Crippen LogP contribution in [0.3, 0.4) is 0 Å². The first-order chi connectivity index (χ1) is 32.7. The molecule has 11 aromatic carbocycles. The zero-order valence-corrected chi connectivity index (χ0v) is 36.7. The van der Waals surface area contributed by atoms with Crippen molar-refractivity contribution in [2.24, 2.45) is 0 Å². The first kappa shape index (κ1) is 38.1. The maximum absolute atomic E-state index is 2.46. The molecule has 0 saturated heterocycles. The van der Waals surface area contributed by atoms with Gasteiger partial charge in [0, 0.05) is 70.8 Å². The average Bonchev–Trinajstić information content (AvgIpc) is 3.93. The molecule has 310 valence electrons. The fraction of sp³-hybridized carbons (Fsp3) is 0. The Labute approximate surface area is 386 Å². The van der Waals surface area contributed by atoms with E-state index in [-0.39, 0.29) is 0 Å². The van der Waals surface area contributed by atoms with Crippen LogP contribution in [0, 0.1) is 0 Å². The molecule has 13 aromatic rings. The molecule has 0 atom stereocenters. The highest BCUT2D eigenvalue weighted by molar-refractivity contribution is 7.26. The van der Waals surface area contributed by atoms with E-state index in [1.165, 1.54) is 63.5 Å². The van der Waals surface area contributed by atoms with Crippen molar-refractivity contribution in [3.8, 4) is 16.8 Å². The Kier molecular flexibility index (Phi) is 9.03. The van der Waals surface area contributed by atoms with E-state index in [4.69, 9.17) is 0 Å². The molecule has 0 aliphatic rings. The summed E-state index contributed by atoms with van der Waals surface area (Å²) < 4.78 is 5.10. The summed E-state index contributed by atoms with van der Waals surface area (Å²) in [6.07, 6.45) is 0. The zero-order valence-electron chi connectivity index (χ0n) is 35.9. The molecule has 3 nitrogen and oxygen atoms in total. The van der Waals surface area contributed by atoms with Crippen molar-refractivity contribution < 1.29 is 0 Å². The van der Waals surface area contributed by atoms with Crippen LogP contribution >= 0.6 is 11.3 Å². The van der Waals surface area contributed by atoms with Crippen LogP contribution in [0.25, 0.3) is 80.3 Å². The van der Waals surface area contributed by atoms with E-state index in [0.717, 1.165) is 50.9 Å². The second-order valence-electron chi connectivity index (χ2n) is 17.0. The maximum Gasteiger partial charge on any atom is 0.0555 e. The van der Waals surface area contributed by atoms with Gasteiger partial charge in [-0.25, -0.2) is 0 Å². The largest absolute Gasteiger partial charge is 0.310 e. The Balaban J connectivity index is 1.09. The molecule has 0 aliphatic heterocycles. The molecular weight excluding hydrogens is 819 g/mol. The molecule has 0 radical (unpaired) electrons. The van der Waals surface area contributed by atoms with Gasteiger partial charge in [0.05, 0.1) is 11.0 Å². The molecule has 2 aromatic heterocycles. The molecule has 0 spiro atoms. The minimum Gasteiger partial charge on any atom is -0.310 e. The molecule has 0 saturated carbocycles. The van der Waals surface area contributed by atoms with Gasteiger partial charge in [-0.2, -0.15) is 0 Å². The highest BCUT2D eigenvalue weighted by atomic mass is 32.1. The van der Waals surface area contributed by atoms with Crippen molar-refractivity contribution >= 4 is 109 Å². The van der Waals surface area contributed by atoms with Gasteiger partial charge in [-0.3, -0.25) is 0 Å². The second kappa shape index (κ2) is 15.7. The summed E-state index contributed by atoms with van der Waals surface area (Å²) in [6, 6.07) is 90.8. The van der Waals surface area contributed by atoms with Crippen LogP contribution in [-0.2, 0) is 0 Å². The van der Waals surface area contributed by atoms with Crippen molar-refractivity contribution in [2.45, 2.75) is 0 Å². The number of rotatable bonds is 8. The second-order valence-corrected chi connectivity index (χ2v) is 18.0. The highest BCUT2D eigenvalue weighted by Crippen LogP contribution is 2.47. The van der Waals surface area contributed by atoms with Gasteiger partial charge >= 0.3 is 0 Å². The fourth-order valence-corrected chi connectivity index (χ4v) is 11.3. The third kappa shape index (κ3) is 6.42. The third-order valence-electron chi connectivity index (χ3n) is 13.1. The monoisotopic (exact) mass is 859 g/mol. The molecule has 0 unspecified atom stereocenters. The van der Waals surface area contributed by atoms with E-state index in [9.17, 15) is 0 Å². The number of hydrogen-bond acceptors (Lipinski definition) is 3. The zero-order chi connectivity index (χ0) is 43.6. The Bertz CT molecular complexity index is 3810. The number of hydrogen-bond donors (Lipinski definition) is 0. The Hall–Kier alpha value is -8.44. The molecule has 0 bridgehead atoms. The van der Waals surface area contributed by atoms with Crippen molar-refractivity contribution in [3.05, 3.63) is 249 Å². The van der Waals surface area contributed by atoms with E-state index in [1.54, 1.807) is 0 Å². The van der Waals surface area contributed by atoms with Crippen molar-refractivity contribution in [1.82, 2.24) is 4.57 Å². The van der Waals surface area contributed by atoms with Gasteiger partial charge in [-0.05, 0) is 130 Å². The van der Waals surface area contributed by atoms with Crippen molar-refractivity contribution in [1.29, 1.82) is 0 Å². The quantitative estimate of drug-likeness (QED) is 0.151. The van der Waals surface area contributed by atoms with Crippen LogP contribution in [0.1, 0.15) is 0 Å².